The first-order valence-electron chi connectivity index (χ1n) is 10.2. The summed E-state index contributed by atoms with van der Waals surface area (Å²) in [6.07, 6.45) is 4.26. The molecule has 27 heavy (non-hydrogen) atoms. The fourth-order valence-electron chi connectivity index (χ4n) is 4.83. The van der Waals surface area contributed by atoms with E-state index in [-0.39, 0.29) is 23.1 Å². The highest BCUT2D eigenvalue weighted by Crippen LogP contribution is 2.41. The maximum absolute atomic E-state index is 13.3. The first kappa shape index (κ1) is 18.4. The van der Waals surface area contributed by atoms with Gasteiger partial charge in [0.15, 0.2) is 0 Å². The lowest BCUT2D eigenvalue weighted by molar-refractivity contribution is -0.147. The van der Waals surface area contributed by atoms with Crippen LogP contribution in [-0.4, -0.2) is 59.4 Å². The van der Waals surface area contributed by atoms with Crippen LogP contribution in [0.1, 0.15) is 43.5 Å². The molecule has 146 valence electrons. The van der Waals surface area contributed by atoms with Crippen LogP contribution in [0.4, 0.5) is 0 Å². The molecule has 6 nitrogen and oxygen atoms in total. The minimum Gasteiger partial charge on any atom is -0.381 e. The first-order chi connectivity index (χ1) is 13.1. The number of hydrogen-bond acceptors (Lipinski definition) is 4. The van der Waals surface area contributed by atoms with E-state index in [1.807, 2.05) is 34.9 Å². The largest absolute Gasteiger partial charge is 0.381 e. The second-order valence-corrected chi connectivity index (χ2v) is 8.28. The van der Waals surface area contributed by atoms with Gasteiger partial charge in [0.2, 0.25) is 11.8 Å². The van der Waals surface area contributed by atoms with Gasteiger partial charge in [-0.15, -0.1) is 0 Å². The van der Waals surface area contributed by atoms with Gasteiger partial charge in [-0.05, 0) is 51.2 Å². The Morgan fingerprint density at radius 2 is 2.07 bits per heavy atom. The molecule has 1 aromatic rings. The van der Waals surface area contributed by atoms with Gasteiger partial charge in [0.05, 0.1) is 17.7 Å². The van der Waals surface area contributed by atoms with Crippen molar-refractivity contribution >= 4 is 11.8 Å². The smallest absolute Gasteiger partial charge is 0.231 e. The van der Waals surface area contributed by atoms with Crippen molar-refractivity contribution in [1.29, 1.82) is 0 Å². The number of hydrogen-bond donors (Lipinski definition) is 0. The summed E-state index contributed by atoms with van der Waals surface area (Å²) in [6, 6.07) is 5.94. The van der Waals surface area contributed by atoms with Crippen LogP contribution in [0.5, 0.6) is 0 Å². The summed E-state index contributed by atoms with van der Waals surface area (Å²) in [6.45, 7) is 6.00. The lowest BCUT2D eigenvalue weighted by atomic mass is 9.78. The van der Waals surface area contributed by atoms with Gasteiger partial charge in [0, 0.05) is 44.5 Å². The summed E-state index contributed by atoms with van der Waals surface area (Å²) in [5, 5.41) is 0. The zero-order valence-corrected chi connectivity index (χ0v) is 16.2. The number of amides is 2. The highest BCUT2D eigenvalue weighted by molar-refractivity contribution is 5.87. The topological polar surface area (TPSA) is 62.7 Å². The second-order valence-electron chi connectivity index (χ2n) is 8.28. The molecule has 0 bridgehead atoms. The third-order valence-electron chi connectivity index (χ3n) is 6.36. The lowest BCUT2D eigenvalue weighted by Crippen LogP contribution is -2.51. The van der Waals surface area contributed by atoms with Gasteiger partial charge in [0.25, 0.3) is 0 Å². The van der Waals surface area contributed by atoms with E-state index in [1.165, 1.54) is 0 Å². The van der Waals surface area contributed by atoms with E-state index in [0.717, 1.165) is 56.6 Å². The third kappa shape index (κ3) is 3.72. The zero-order chi connectivity index (χ0) is 18.9. The molecular formula is C21H29N3O3. The van der Waals surface area contributed by atoms with Crippen LogP contribution in [0, 0.1) is 18.3 Å². The Bertz CT molecular complexity index is 716. The molecule has 1 atom stereocenters. The van der Waals surface area contributed by atoms with Gasteiger partial charge in [-0.1, -0.05) is 6.07 Å². The van der Waals surface area contributed by atoms with Crippen molar-refractivity contribution in [3.05, 3.63) is 29.6 Å². The van der Waals surface area contributed by atoms with E-state index in [2.05, 4.69) is 4.98 Å². The molecule has 1 spiro atoms. The molecule has 4 heterocycles. The summed E-state index contributed by atoms with van der Waals surface area (Å²) >= 11 is 0. The van der Waals surface area contributed by atoms with Crippen LogP contribution in [-0.2, 0) is 20.9 Å². The summed E-state index contributed by atoms with van der Waals surface area (Å²) in [5.74, 6) is 0.497. The monoisotopic (exact) mass is 371 g/mol. The van der Waals surface area contributed by atoms with Crippen LogP contribution in [0.15, 0.2) is 18.2 Å². The van der Waals surface area contributed by atoms with Crippen molar-refractivity contribution in [3.8, 4) is 0 Å². The van der Waals surface area contributed by atoms with Crippen LogP contribution in [0.25, 0.3) is 0 Å². The molecule has 0 N–H and O–H groups in total. The minimum atomic E-state index is -0.386. The van der Waals surface area contributed by atoms with Crippen molar-refractivity contribution in [2.45, 2.75) is 45.6 Å². The Balaban J connectivity index is 1.43. The average Bonchev–Trinajstić information content (AvgIpc) is 2.97. The van der Waals surface area contributed by atoms with Crippen molar-refractivity contribution < 1.29 is 14.3 Å². The molecule has 3 aliphatic heterocycles. The van der Waals surface area contributed by atoms with E-state index in [0.29, 0.717) is 26.3 Å². The van der Waals surface area contributed by atoms with Crippen LogP contribution in [0.2, 0.25) is 0 Å². The SMILES string of the molecule is Cc1cccc(CN2CC[C@]3(CCCN(C(=O)C4CCOCC4)C3)C2=O)n1. The fraction of sp³-hybridized carbons (Fsp3) is 0.667. The van der Waals surface area contributed by atoms with Crippen molar-refractivity contribution in [1.82, 2.24) is 14.8 Å². The van der Waals surface area contributed by atoms with E-state index < -0.39 is 0 Å². The molecule has 0 aromatic carbocycles. The average molecular weight is 371 g/mol. The van der Waals surface area contributed by atoms with Crippen LogP contribution >= 0.6 is 0 Å². The maximum Gasteiger partial charge on any atom is 0.231 e. The van der Waals surface area contributed by atoms with Gasteiger partial charge in [0.1, 0.15) is 0 Å². The van der Waals surface area contributed by atoms with Crippen molar-refractivity contribution in [3.63, 3.8) is 0 Å². The number of ether oxygens (including phenoxy) is 1. The Labute approximate surface area is 160 Å². The molecule has 3 aliphatic rings. The summed E-state index contributed by atoms with van der Waals surface area (Å²) in [4.78, 5) is 34.6. The molecule has 0 aliphatic carbocycles. The number of aromatic nitrogens is 1. The Morgan fingerprint density at radius 3 is 2.85 bits per heavy atom. The molecule has 1 aromatic heterocycles. The molecule has 2 amide bonds. The van der Waals surface area contributed by atoms with Gasteiger partial charge in [-0.2, -0.15) is 0 Å². The first-order valence-corrected chi connectivity index (χ1v) is 10.2. The molecule has 4 rings (SSSR count). The highest BCUT2D eigenvalue weighted by atomic mass is 16.5. The molecule has 0 saturated carbocycles. The third-order valence-corrected chi connectivity index (χ3v) is 6.36. The molecule has 3 saturated heterocycles. The Morgan fingerprint density at radius 1 is 1.26 bits per heavy atom. The molecule has 0 unspecified atom stereocenters. The van der Waals surface area contributed by atoms with Crippen molar-refractivity contribution in [2.24, 2.45) is 11.3 Å². The normalized spacial score (nSPS) is 26.8. The second kappa shape index (κ2) is 7.58. The van der Waals surface area contributed by atoms with Gasteiger partial charge in [-0.25, -0.2) is 0 Å². The molecular weight excluding hydrogens is 342 g/mol. The number of piperidine rings is 1. The lowest BCUT2D eigenvalue weighted by Gasteiger charge is -2.40. The van der Waals surface area contributed by atoms with Crippen LogP contribution < -0.4 is 0 Å². The van der Waals surface area contributed by atoms with E-state index in [9.17, 15) is 9.59 Å². The van der Waals surface area contributed by atoms with Gasteiger partial charge >= 0.3 is 0 Å². The van der Waals surface area contributed by atoms with E-state index in [1.54, 1.807) is 0 Å². The number of pyridine rings is 1. The van der Waals surface area contributed by atoms with Gasteiger partial charge < -0.3 is 14.5 Å². The van der Waals surface area contributed by atoms with E-state index >= 15 is 0 Å². The predicted molar refractivity (Wildman–Crippen MR) is 101 cm³/mol. The summed E-state index contributed by atoms with van der Waals surface area (Å²) in [5.41, 5.74) is 1.52. The number of likely N-dealkylation sites (tertiary alicyclic amines) is 2. The molecule has 3 fully saturated rings. The Kier molecular flexibility index (Phi) is 5.17. The predicted octanol–water partition coefficient (Wildman–Crippen LogP) is 2.16. The summed E-state index contributed by atoms with van der Waals surface area (Å²) < 4.78 is 5.39. The Hall–Kier alpha value is -1.95. The molecule has 6 heteroatoms. The number of nitrogens with zero attached hydrogens (tertiary/aromatic N) is 3. The standard InChI is InChI=1S/C21H29N3O3/c1-16-4-2-5-18(22-16)14-23-11-9-21(20(23)26)8-3-10-24(15-21)19(25)17-6-12-27-13-7-17/h2,4-5,17H,3,6-15H2,1H3/t21-/m0/s1. The minimum absolute atomic E-state index is 0.0676. The highest BCUT2D eigenvalue weighted by Gasteiger charge is 2.50. The number of rotatable bonds is 3. The molecule has 0 radical (unpaired) electrons. The zero-order valence-electron chi connectivity index (χ0n) is 16.2. The number of carbonyl (C=O) groups excluding carboxylic acids is 2. The maximum atomic E-state index is 13.3. The fourth-order valence-corrected chi connectivity index (χ4v) is 4.83. The summed E-state index contributed by atoms with van der Waals surface area (Å²) in [7, 11) is 0. The van der Waals surface area contributed by atoms with Gasteiger partial charge in [-0.3, -0.25) is 14.6 Å². The van der Waals surface area contributed by atoms with Crippen LogP contribution in [0.3, 0.4) is 0 Å². The van der Waals surface area contributed by atoms with Crippen molar-refractivity contribution in [2.75, 3.05) is 32.8 Å². The number of carbonyl (C=O) groups is 2. The number of aryl methyl sites for hydroxylation is 1. The van der Waals surface area contributed by atoms with E-state index in [4.69, 9.17) is 4.74 Å². The quantitative estimate of drug-likeness (QED) is 0.817.